The van der Waals surface area contributed by atoms with Crippen molar-refractivity contribution in [3.05, 3.63) is 12.7 Å². The smallest absolute Gasteiger partial charge is 0.382 e. The summed E-state index contributed by atoms with van der Waals surface area (Å²) in [7, 11) is -16.5. The van der Waals surface area contributed by atoms with Crippen LogP contribution in [0.2, 0.25) is 0 Å². The summed E-state index contributed by atoms with van der Waals surface area (Å²) >= 11 is 0. The van der Waals surface area contributed by atoms with Gasteiger partial charge in [-0.2, -0.15) is 8.62 Å². The monoisotopic (exact) mass is 503 g/mol. The van der Waals surface area contributed by atoms with E-state index in [9.17, 15) is 23.4 Å². The van der Waals surface area contributed by atoms with Crippen LogP contribution in [-0.4, -0.2) is 58.1 Å². The molecule has 17 nitrogen and oxygen atoms in total. The Morgan fingerprint density at radius 3 is 2.52 bits per heavy atom. The van der Waals surface area contributed by atoms with Crippen molar-refractivity contribution < 1.29 is 55.9 Å². The van der Waals surface area contributed by atoms with E-state index in [-0.39, 0.29) is 12.2 Å². The number of carbonyl (C=O) groups excluding carboxylic acids is 1. The largest absolute Gasteiger partial charge is 0.490 e. The number of fused-ring (bicyclic) bond motifs is 1. The topological polar surface area (TPSA) is 256 Å². The maximum Gasteiger partial charge on any atom is 0.490 e. The van der Waals surface area contributed by atoms with Gasteiger partial charge in [-0.1, -0.05) is 0 Å². The van der Waals surface area contributed by atoms with Crippen LogP contribution >= 0.6 is 23.5 Å². The molecular weight excluding hydrogens is 487 g/mol. The number of anilines is 1. The Morgan fingerprint density at radius 1 is 1.16 bits per heavy atom. The summed E-state index contributed by atoms with van der Waals surface area (Å²) < 4.78 is 52.7. The molecule has 3 heterocycles. The second kappa shape index (κ2) is 8.73. The van der Waals surface area contributed by atoms with Gasteiger partial charge in [0.2, 0.25) is 0 Å². The number of nitrogen functional groups attached to an aromatic ring is 1. The van der Waals surface area contributed by atoms with Crippen molar-refractivity contribution in [2.75, 3.05) is 12.3 Å². The molecule has 2 unspecified atom stereocenters. The minimum absolute atomic E-state index is 0.100. The van der Waals surface area contributed by atoms with Gasteiger partial charge < -0.3 is 34.8 Å². The molecule has 0 bridgehead atoms. The number of aromatic nitrogens is 4. The Labute approximate surface area is 172 Å². The molecule has 0 spiro atoms. The molecule has 1 fully saturated rings. The molecule has 1 aliphatic rings. The molecule has 0 amide bonds. The quantitative estimate of drug-likeness (QED) is 0.220. The third-order valence-corrected chi connectivity index (χ3v) is 7.78. The molecular formula is C11H16N5O12P3. The molecule has 20 heteroatoms. The molecule has 0 radical (unpaired) electrons. The highest BCUT2D eigenvalue weighted by Gasteiger charge is 2.43. The SMILES string of the molecule is Nc1ncnc2c1ncn2[C@H]1C[C@H](C=O)[C@@H](COP(=O)(O)OP(=O)(O)OP(=O)(O)O)O1. The first-order chi connectivity index (χ1) is 14.3. The summed E-state index contributed by atoms with van der Waals surface area (Å²) in [6, 6.07) is 0. The molecule has 2 aromatic rings. The van der Waals surface area contributed by atoms with Crippen molar-refractivity contribution >= 4 is 46.7 Å². The lowest BCUT2D eigenvalue weighted by molar-refractivity contribution is -0.113. The number of aldehydes is 1. The summed E-state index contributed by atoms with van der Waals surface area (Å²) in [5.74, 6) is -0.702. The number of hydrogen-bond acceptors (Lipinski definition) is 12. The third-order valence-electron chi connectivity index (χ3n) is 3.97. The molecule has 1 saturated heterocycles. The zero-order chi connectivity index (χ0) is 23.0. The van der Waals surface area contributed by atoms with E-state index in [0.717, 1.165) is 0 Å². The molecule has 172 valence electrons. The Kier molecular flexibility index (Phi) is 6.77. The Balaban J connectivity index is 1.68. The minimum atomic E-state index is -5.65. The number of nitrogens with zero attached hydrogens (tertiary/aromatic N) is 4. The van der Waals surface area contributed by atoms with E-state index in [0.29, 0.717) is 17.5 Å². The molecule has 0 aliphatic carbocycles. The van der Waals surface area contributed by atoms with Crippen molar-refractivity contribution in [1.29, 1.82) is 0 Å². The van der Waals surface area contributed by atoms with E-state index in [1.165, 1.54) is 17.2 Å². The van der Waals surface area contributed by atoms with Gasteiger partial charge in [0.1, 0.15) is 24.4 Å². The van der Waals surface area contributed by atoms with Gasteiger partial charge in [-0.25, -0.2) is 28.6 Å². The van der Waals surface area contributed by atoms with Gasteiger partial charge in [-0.05, 0) is 0 Å². The summed E-state index contributed by atoms with van der Waals surface area (Å²) in [5.41, 5.74) is 6.33. The Hall–Kier alpha value is -1.61. The highest BCUT2D eigenvalue weighted by Crippen LogP contribution is 2.66. The maximum absolute atomic E-state index is 11.8. The summed E-state index contributed by atoms with van der Waals surface area (Å²) in [4.78, 5) is 59.0. The fourth-order valence-corrected chi connectivity index (χ4v) is 5.81. The number of hydrogen-bond donors (Lipinski definition) is 5. The summed E-state index contributed by atoms with van der Waals surface area (Å²) in [6.07, 6.45) is 1.30. The van der Waals surface area contributed by atoms with Gasteiger partial charge in [0.05, 0.1) is 19.0 Å². The molecule has 3 rings (SSSR count). The van der Waals surface area contributed by atoms with E-state index < -0.39 is 48.3 Å². The van der Waals surface area contributed by atoms with Gasteiger partial charge in [0.15, 0.2) is 11.5 Å². The normalized spacial score (nSPS) is 25.9. The van der Waals surface area contributed by atoms with Crippen molar-refractivity contribution in [2.24, 2.45) is 5.92 Å². The number of nitrogens with two attached hydrogens (primary N) is 1. The van der Waals surface area contributed by atoms with E-state index >= 15 is 0 Å². The number of phosphoric ester groups is 1. The zero-order valence-corrected chi connectivity index (χ0v) is 17.8. The van der Waals surface area contributed by atoms with Crippen molar-refractivity contribution in [3.8, 4) is 0 Å². The highest BCUT2D eigenvalue weighted by molar-refractivity contribution is 7.66. The van der Waals surface area contributed by atoms with E-state index in [1.54, 1.807) is 0 Å². The van der Waals surface area contributed by atoms with E-state index in [1.807, 2.05) is 0 Å². The predicted molar refractivity (Wildman–Crippen MR) is 97.6 cm³/mol. The molecule has 1 aliphatic heterocycles. The van der Waals surface area contributed by atoms with Gasteiger partial charge in [-0.3, -0.25) is 9.09 Å². The zero-order valence-electron chi connectivity index (χ0n) is 15.1. The van der Waals surface area contributed by atoms with Gasteiger partial charge in [0, 0.05) is 12.3 Å². The summed E-state index contributed by atoms with van der Waals surface area (Å²) in [5, 5.41) is 0. The van der Waals surface area contributed by atoms with Gasteiger partial charge >= 0.3 is 23.5 Å². The Morgan fingerprint density at radius 2 is 1.87 bits per heavy atom. The fraction of sp³-hybridized carbons (Fsp3) is 0.455. The van der Waals surface area contributed by atoms with Crippen molar-refractivity contribution in [2.45, 2.75) is 18.8 Å². The number of ether oxygens (including phenoxy) is 1. The first-order valence-electron chi connectivity index (χ1n) is 8.12. The van der Waals surface area contributed by atoms with Crippen molar-refractivity contribution in [3.63, 3.8) is 0 Å². The predicted octanol–water partition coefficient (Wildman–Crippen LogP) is -0.146. The second-order valence-electron chi connectivity index (χ2n) is 6.13. The van der Waals surface area contributed by atoms with Crippen LogP contribution in [0.5, 0.6) is 0 Å². The van der Waals surface area contributed by atoms with Crippen LogP contribution in [0.3, 0.4) is 0 Å². The van der Waals surface area contributed by atoms with Crippen LogP contribution in [-0.2, 0) is 36.4 Å². The lowest BCUT2D eigenvalue weighted by Crippen LogP contribution is -2.23. The van der Waals surface area contributed by atoms with Gasteiger partial charge in [-0.15, -0.1) is 0 Å². The fourth-order valence-electron chi connectivity index (χ4n) is 2.78. The first-order valence-corrected chi connectivity index (χ1v) is 12.6. The van der Waals surface area contributed by atoms with Gasteiger partial charge in [0.25, 0.3) is 0 Å². The average molecular weight is 503 g/mol. The average Bonchev–Trinajstić information content (AvgIpc) is 3.21. The minimum Gasteiger partial charge on any atom is -0.382 e. The van der Waals surface area contributed by atoms with Crippen LogP contribution in [0.1, 0.15) is 12.6 Å². The van der Waals surface area contributed by atoms with Crippen molar-refractivity contribution in [1.82, 2.24) is 19.5 Å². The Bertz CT molecular complexity index is 1120. The maximum atomic E-state index is 11.8. The lowest BCUT2D eigenvalue weighted by Gasteiger charge is -2.19. The lowest BCUT2D eigenvalue weighted by atomic mass is 10.0. The number of phosphoric acid groups is 3. The molecule has 0 saturated carbocycles. The standard InChI is InChI=1S/C11H16N5O12P3/c12-10-9-11(14-4-13-10)16(5-15-9)8-1-6(2-17)7(26-8)3-25-30(21,22)28-31(23,24)27-29(18,19)20/h2,4-8H,1,3H2,(H,21,22)(H,23,24)(H2,12,13,14)(H2,18,19,20)/t6-,7-,8-/m1/s1. The van der Waals surface area contributed by atoms with Crippen LogP contribution < -0.4 is 5.73 Å². The van der Waals surface area contributed by atoms with Crippen LogP contribution in [0.15, 0.2) is 12.7 Å². The van der Waals surface area contributed by atoms with E-state index in [2.05, 4.69) is 28.1 Å². The molecule has 0 aromatic carbocycles. The number of carbonyl (C=O) groups is 1. The molecule has 6 N–H and O–H groups in total. The van der Waals surface area contributed by atoms with E-state index in [4.69, 9.17) is 25.2 Å². The number of imidazole rings is 1. The van der Waals surface area contributed by atoms with Crippen LogP contribution in [0.4, 0.5) is 5.82 Å². The van der Waals surface area contributed by atoms with Crippen LogP contribution in [0, 0.1) is 5.92 Å². The molecule has 5 atom stereocenters. The molecule has 31 heavy (non-hydrogen) atoms. The summed E-state index contributed by atoms with van der Waals surface area (Å²) in [6.45, 7) is -0.757. The molecule has 2 aromatic heterocycles. The first kappa shape index (κ1) is 24.0. The number of rotatable bonds is 9. The van der Waals surface area contributed by atoms with Crippen LogP contribution in [0.25, 0.3) is 11.2 Å². The highest BCUT2D eigenvalue weighted by atomic mass is 31.3. The second-order valence-corrected chi connectivity index (χ2v) is 10.6. The third kappa shape index (κ3) is 6.00.